The molecule has 8 nitrogen and oxygen atoms in total. The molecular formula is C16H15Cl2N3O5S. The van der Waals surface area contributed by atoms with Gasteiger partial charge in [0.1, 0.15) is 10.6 Å². The largest absolute Gasteiger partial charge is 0.507 e. The van der Waals surface area contributed by atoms with Crippen molar-refractivity contribution >= 4 is 45.0 Å². The number of hydrazine groups is 1. The van der Waals surface area contributed by atoms with Crippen LogP contribution < -0.4 is 15.6 Å². The summed E-state index contributed by atoms with van der Waals surface area (Å²) in [4.78, 5) is 23.6. The van der Waals surface area contributed by atoms with Crippen LogP contribution in [0.1, 0.15) is 17.3 Å². The first-order valence-corrected chi connectivity index (χ1v) is 9.72. The molecule has 0 saturated carbocycles. The zero-order chi connectivity index (χ0) is 20.2. The van der Waals surface area contributed by atoms with Gasteiger partial charge in [-0.3, -0.25) is 20.4 Å². The van der Waals surface area contributed by atoms with E-state index in [0.29, 0.717) is 0 Å². The molecule has 2 amide bonds. The quantitative estimate of drug-likeness (QED) is 0.537. The highest BCUT2D eigenvalue weighted by Gasteiger charge is 2.26. The highest BCUT2D eigenvalue weighted by molar-refractivity contribution is 7.89. The number of hydrogen-bond acceptors (Lipinski definition) is 5. The molecule has 11 heteroatoms. The molecule has 0 aliphatic rings. The standard InChI is InChI=1S/C16H15Cl2N3O5S/c1-9(21-27(25,26)14-11(17)6-4-7-12(14)18)15(23)19-20-16(24)10-5-2-3-8-13(10)22/h2-9,21-22H,1H3,(H,19,23)(H,20,24)/t9-/m0/s1. The summed E-state index contributed by atoms with van der Waals surface area (Å²) < 4.78 is 26.9. The van der Waals surface area contributed by atoms with E-state index in [1.54, 1.807) is 0 Å². The summed E-state index contributed by atoms with van der Waals surface area (Å²) in [5.41, 5.74) is 4.09. The highest BCUT2D eigenvalue weighted by atomic mass is 35.5. The van der Waals surface area contributed by atoms with Crippen molar-refractivity contribution in [1.29, 1.82) is 0 Å². The average molecular weight is 432 g/mol. The summed E-state index contributed by atoms with van der Waals surface area (Å²) in [6, 6.07) is 8.63. The Labute approximate surface area is 165 Å². The molecule has 2 aromatic rings. The highest BCUT2D eigenvalue weighted by Crippen LogP contribution is 2.28. The van der Waals surface area contributed by atoms with Crippen molar-refractivity contribution in [3.05, 3.63) is 58.1 Å². The molecule has 0 fully saturated rings. The predicted molar refractivity (Wildman–Crippen MR) is 100.0 cm³/mol. The Morgan fingerprint density at radius 3 is 2.19 bits per heavy atom. The van der Waals surface area contributed by atoms with E-state index < -0.39 is 27.9 Å². The van der Waals surface area contributed by atoms with Gasteiger partial charge in [0.05, 0.1) is 21.7 Å². The molecule has 0 bridgehead atoms. The SMILES string of the molecule is C[C@H](NS(=O)(=O)c1c(Cl)cccc1Cl)C(=O)NNC(=O)c1ccccc1O. The molecule has 0 aliphatic heterocycles. The Bertz CT molecular complexity index is 962. The van der Waals surface area contributed by atoms with E-state index in [4.69, 9.17) is 23.2 Å². The van der Waals surface area contributed by atoms with Crippen LogP contribution in [0.25, 0.3) is 0 Å². The van der Waals surface area contributed by atoms with E-state index in [1.165, 1.54) is 49.4 Å². The van der Waals surface area contributed by atoms with E-state index in [1.807, 2.05) is 0 Å². The first kappa shape index (κ1) is 21.0. The summed E-state index contributed by atoms with van der Waals surface area (Å²) in [6.07, 6.45) is 0. The average Bonchev–Trinajstić information content (AvgIpc) is 2.58. The second-order valence-corrected chi connectivity index (χ2v) is 7.82. The molecule has 0 unspecified atom stereocenters. The lowest BCUT2D eigenvalue weighted by Crippen LogP contribution is -2.51. The molecule has 2 aromatic carbocycles. The minimum absolute atomic E-state index is 0.0612. The number of carbonyl (C=O) groups is 2. The van der Waals surface area contributed by atoms with Crippen molar-refractivity contribution in [2.75, 3.05) is 0 Å². The third-order valence-corrected chi connectivity index (χ3v) is 5.86. The van der Waals surface area contributed by atoms with E-state index in [9.17, 15) is 23.1 Å². The normalized spacial score (nSPS) is 12.3. The summed E-state index contributed by atoms with van der Waals surface area (Å²) in [5, 5.41) is 9.39. The number of benzene rings is 2. The molecule has 0 aliphatic carbocycles. The fourth-order valence-corrected chi connectivity index (χ4v) is 4.39. The van der Waals surface area contributed by atoms with Gasteiger partial charge in [0.25, 0.3) is 11.8 Å². The van der Waals surface area contributed by atoms with E-state index in [-0.39, 0.29) is 26.3 Å². The number of sulfonamides is 1. The fraction of sp³-hybridized carbons (Fsp3) is 0.125. The minimum Gasteiger partial charge on any atom is -0.507 e. The first-order chi connectivity index (χ1) is 12.6. The maximum atomic E-state index is 12.4. The molecule has 0 heterocycles. The van der Waals surface area contributed by atoms with Crippen molar-refractivity contribution in [3.63, 3.8) is 0 Å². The smallest absolute Gasteiger partial charge is 0.273 e. The summed E-state index contributed by atoms with van der Waals surface area (Å²) in [7, 11) is -4.19. The van der Waals surface area contributed by atoms with Gasteiger partial charge in [-0.1, -0.05) is 41.4 Å². The predicted octanol–water partition coefficient (Wildman–Crippen LogP) is 1.83. The van der Waals surface area contributed by atoms with Crippen LogP contribution >= 0.6 is 23.2 Å². The minimum atomic E-state index is -4.19. The number of para-hydroxylation sites is 1. The van der Waals surface area contributed by atoms with Gasteiger partial charge < -0.3 is 5.11 Å². The number of nitrogens with one attached hydrogen (secondary N) is 3. The van der Waals surface area contributed by atoms with Gasteiger partial charge in [-0.15, -0.1) is 0 Å². The maximum absolute atomic E-state index is 12.4. The maximum Gasteiger partial charge on any atom is 0.273 e. The molecule has 0 spiro atoms. The van der Waals surface area contributed by atoms with E-state index >= 15 is 0 Å². The molecule has 0 saturated heterocycles. The summed E-state index contributed by atoms with van der Waals surface area (Å²) in [5.74, 6) is -1.89. The van der Waals surface area contributed by atoms with Gasteiger partial charge in [-0.05, 0) is 31.2 Å². The van der Waals surface area contributed by atoms with Crippen LogP contribution in [0.2, 0.25) is 10.0 Å². The Morgan fingerprint density at radius 2 is 1.59 bits per heavy atom. The Morgan fingerprint density at radius 1 is 1.00 bits per heavy atom. The van der Waals surface area contributed by atoms with Gasteiger partial charge in [0, 0.05) is 0 Å². The molecule has 2 rings (SSSR count). The van der Waals surface area contributed by atoms with Crippen LogP contribution in [0, 0.1) is 0 Å². The van der Waals surface area contributed by atoms with Crippen LogP contribution in [0.3, 0.4) is 0 Å². The zero-order valence-electron chi connectivity index (χ0n) is 13.9. The van der Waals surface area contributed by atoms with Crippen molar-refractivity contribution in [3.8, 4) is 5.75 Å². The third-order valence-electron chi connectivity index (χ3n) is 3.36. The Kier molecular flexibility index (Phi) is 6.66. The number of aromatic hydroxyl groups is 1. The second-order valence-electron chi connectivity index (χ2n) is 5.35. The van der Waals surface area contributed by atoms with Gasteiger partial charge >= 0.3 is 0 Å². The lowest BCUT2D eigenvalue weighted by Gasteiger charge is -2.16. The van der Waals surface area contributed by atoms with Crippen LogP contribution in [-0.2, 0) is 14.8 Å². The first-order valence-electron chi connectivity index (χ1n) is 7.48. The van der Waals surface area contributed by atoms with Crippen molar-refractivity contribution in [2.45, 2.75) is 17.9 Å². The van der Waals surface area contributed by atoms with Gasteiger partial charge in [0.15, 0.2) is 0 Å². The van der Waals surface area contributed by atoms with Crippen molar-refractivity contribution < 1.29 is 23.1 Å². The van der Waals surface area contributed by atoms with E-state index in [0.717, 1.165) is 0 Å². The van der Waals surface area contributed by atoms with Crippen molar-refractivity contribution in [2.24, 2.45) is 0 Å². The van der Waals surface area contributed by atoms with Gasteiger partial charge in [-0.25, -0.2) is 8.42 Å². The van der Waals surface area contributed by atoms with Crippen LogP contribution in [0.15, 0.2) is 47.4 Å². The molecular weight excluding hydrogens is 417 g/mol. The summed E-state index contributed by atoms with van der Waals surface area (Å²) >= 11 is 11.8. The Hall–Kier alpha value is -2.33. The van der Waals surface area contributed by atoms with Crippen LogP contribution in [-0.4, -0.2) is 31.4 Å². The number of halogens is 2. The second kappa shape index (κ2) is 8.57. The van der Waals surface area contributed by atoms with Gasteiger partial charge in [-0.2, -0.15) is 4.72 Å². The van der Waals surface area contributed by atoms with Crippen LogP contribution in [0.5, 0.6) is 5.75 Å². The number of amides is 2. The van der Waals surface area contributed by atoms with Crippen molar-refractivity contribution in [1.82, 2.24) is 15.6 Å². The fourth-order valence-electron chi connectivity index (χ4n) is 2.04. The van der Waals surface area contributed by atoms with E-state index in [2.05, 4.69) is 15.6 Å². The molecule has 0 radical (unpaired) electrons. The molecule has 144 valence electrons. The third kappa shape index (κ3) is 5.10. The van der Waals surface area contributed by atoms with Crippen LogP contribution in [0.4, 0.5) is 0 Å². The molecule has 27 heavy (non-hydrogen) atoms. The van der Waals surface area contributed by atoms with Gasteiger partial charge in [0.2, 0.25) is 10.0 Å². The Balaban J connectivity index is 2.03. The number of rotatable bonds is 5. The molecule has 0 aromatic heterocycles. The molecule has 1 atom stereocenters. The lowest BCUT2D eigenvalue weighted by molar-refractivity contribution is -0.123. The molecule has 4 N–H and O–H groups in total. The number of hydrogen-bond donors (Lipinski definition) is 4. The topological polar surface area (TPSA) is 125 Å². The number of phenols is 1. The monoisotopic (exact) mass is 431 g/mol. The zero-order valence-corrected chi connectivity index (χ0v) is 16.2. The lowest BCUT2D eigenvalue weighted by atomic mass is 10.2. The number of carbonyl (C=O) groups excluding carboxylic acids is 2. The number of phenolic OH excluding ortho intramolecular Hbond substituents is 1. The summed E-state index contributed by atoms with van der Waals surface area (Å²) in [6.45, 7) is 1.27.